The van der Waals surface area contributed by atoms with Crippen molar-refractivity contribution in [1.82, 2.24) is 4.98 Å². The monoisotopic (exact) mass is 525 g/mol. The van der Waals surface area contributed by atoms with Crippen molar-refractivity contribution in [3.63, 3.8) is 0 Å². The van der Waals surface area contributed by atoms with Crippen molar-refractivity contribution >= 4 is 30.7 Å². The van der Waals surface area contributed by atoms with E-state index in [1.165, 1.54) is 13.8 Å². The lowest BCUT2D eigenvalue weighted by Crippen LogP contribution is -2.46. The normalized spacial score (nSPS) is 13.9. The molecule has 0 saturated heterocycles. The predicted octanol–water partition coefficient (Wildman–Crippen LogP) is 5.58. The van der Waals surface area contributed by atoms with Crippen LogP contribution in [0.25, 0.3) is 0 Å². The quantitative estimate of drug-likeness (QED) is 0.182. The molecule has 0 aliphatic heterocycles. The van der Waals surface area contributed by atoms with Crippen LogP contribution in [-0.4, -0.2) is 34.2 Å². The Hall–Kier alpha value is -2.57. The summed E-state index contributed by atoms with van der Waals surface area (Å²) in [4.78, 5) is 27.4. The molecule has 0 aliphatic rings. The zero-order chi connectivity index (χ0) is 25.9. The Kier molecular flexibility index (Phi) is 8.43. The fourth-order valence-electron chi connectivity index (χ4n) is 2.73. The second-order valence-electron chi connectivity index (χ2n) is 6.86. The van der Waals surface area contributed by atoms with E-state index >= 15 is 0 Å². The zero-order valence-corrected chi connectivity index (χ0v) is 19.7. The van der Waals surface area contributed by atoms with Crippen LogP contribution >= 0.6 is 19.2 Å². The molecule has 0 saturated carbocycles. The van der Waals surface area contributed by atoms with Crippen LogP contribution in [0.4, 0.5) is 18.9 Å². The van der Waals surface area contributed by atoms with Gasteiger partial charge in [-0.25, -0.2) is 4.98 Å². The van der Waals surface area contributed by atoms with Crippen molar-refractivity contribution in [1.29, 1.82) is 0 Å². The molecule has 2 N–H and O–H groups in total. The Morgan fingerprint density at radius 2 is 1.82 bits per heavy atom. The first-order valence-electron chi connectivity index (χ1n) is 9.59. The van der Waals surface area contributed by atoms with E-state index in [4.69, 9.17) is 31.1 Å². The fraction of sp³-hybridized carbons (Fsp3) is 0.368. The first-order valence-corrected chi connectivity index (χ1v) is 11.5. The van der Waals surface area contributed by atoms with Crippen LogP contribution in [0, 0.1) is 10.1 Å². The summed E-state index contributed by atoms with van der Waals surface area (Å²) in [6.45, 7) is 3.78. The second-order valence-corrected chi connectivity index (χ2v) is 9.70. The number of rotatable bonds is 10. The van der Waals surface area contributed by atoms with Crippen LogP contribution in [0.1, 0.15) is 36.7 Å². The number of carbonyl (C=O) groups excluding carboxylic acids is 1. The molecule has 1 heterocycles. The molecule has 10 nitrogen and oxygen atoms in total. The maximum Gasteiger partial charge on any atom is 0.417 e. The number of nitrogens with two attached hydrogens (primary N) is 1. The first-order chi connectivity index (χ1) is 15.7. The van der Waals surface area contributed by atoms with Crippen molar-refractivity contribution in [3.8, 4) is 11.6 Å². The van der Waals surface area contributed by atoms with Gasteiger partial charge in [-0.2, -0.15) is 13.2 Å². The van der Waals surface area contributed by atoms with Crippen LogP contribution < -0.4 is 10.5 Å². The number of alkyl halides is 3. The maximum absolute atomic E-state index is 13.2. The van der Waals surface area contributed by atoms with Crippen molar-refractivity contribution in [2.75, 3.05) is 13.2 Å². The summed E-state index contributed by atoms with van der Waals surface area (Å²) in [5.74, 6) is -1.84. The SMILES string of the molecule is CCOP(=O)(OCC)C(C)(N)C(=O)c1cc(Oc2ncc(C(F)(F)F)cc2Cl)ccc1[N+](=O)[O-]. The highest BCUT2D eigenvalue weighted by Crippen LogP contribution is 2.58. The Morgan fingerprint density at radius 1 is 1.24 bits per heavy atom. The molecule has 2 aromatic rings. The Morgan fingerprint density at radius 3 is 2.29 bits per heavy atom. The number of aromatic nitrogens is 1. The minimum atomic E-state index is -4.69. The van der Waals surface area contributed by atoms with Gasteiger partial charge in [0.25, 0.3) is 5.69 Å². The number of hydrogen-bond donors (Lipinski definition) is 1. The number of halogens is 4. The number of nitro benzene ring substituents is 1. The number of benzene rings is 1. The van der Waals surface area contributed by atoms with Gasteiger partial charge in [-0.3, -0.25) is 19.5 Å². The summed E-state index contributed by atoms with van der Waals surface area (Å²) in [5, 5.41) is 8.68. The highest BCUT2D eigenvalue weighted by Gasteiger charge is 2.51. The van der Waals surface area contributed by atoms with E-state index in [9.17, 15) is 32.6 Å². The summed E-state index contributed by atoms with van der Waals surface area (Å²) >= 11 is 5.82. The average molecular weight is 526 g/mol. The predicted molar refractivity (Wildman–Crippen MR) is 115 cm³/mol. The molecule has 1 unspecified atom stereocenters. The van der Waals surface area contributed by atoms with Crippen LogP contribution in [-0.2, 0) is 19.8 Å². The number of ketones is 1. The molecular formula is C19H20ClF3N3O7P. The van der Waals surface area contributed by atoms with Gasteiger partial charge in [0.1, 0.15) is 16.3 Å². The largest absolute Gasteiger partial charge is 0.438 e. The van der Waals surface area contributed by atoms with E-state index in [2.05, 4.69) is 4.98 Å². The van der Waals surface area contributed by atoms with Crippen LogP contribution in [0.5, 0.6) is 11.6 Å². The van der Waals surface area contributed by atoms with Crippen LogP contribution in [0.2, 0.25) is 5.02 Å². The Balaban J connectivity index is 2.53. The molecule has 1 atom stereocenters. The summed E-state index contributed by atoms with van der Waals surface area (Å²) in [5.41, 5.74) is 3.61. The number of hydrogen-bond acceptors (Lipinski definition) is 9. The zero-order valence-electron chi connectivity index (χ0n) is 18.1. The van der Waals surface area contributed by atoms with Gasteiger partial charge in [0.2, 0.25) is 11.7 Å². The highest BCUT2D eigenvalue weighted by atomic mass is 35.5. The van der Waals surface area contributed by atoms with Crippen LogP contribution in [0.3, 0.4) is 0 Å². The van der Waals surface area contributed by atoms with Crippen molar-refractivity contribution in [3.05, 3.63) is 56.7 Å². The molecule has 0 spiro atoms. The Bertz CT molecular complexity index is 1130. The summed E-state index contributed by atoms with van der Waals surface area (Å²) < 4.78 is 67.2. The minimum Gasteiger partial charge on any atom is -0.438 e. The van der Waals surface area contributed by atoms with E-state index in [1.807, 2.05) is 0 Å². The maximum atomic E-state index is 13.2. The molecule has 2 rings (SSSR count). The summed E-state index contributed by atoms with van der Waals surface area (Å²) in [6.07, 6.45) is -4.21. The summed E-state index contributed by atoms with van der Waals surface area (Å²) in [6, 6.07) is 3.47. The van der Waals surface area contributed by atoms with E-state index in [0.29, 0.717) is 12.3 Å². The van der Waals surface area contributed by atoms with Gasteiger partial charge in [-0.1, -0.05) is 11.6 Å². The smallest absolute Gasteiger partial charge is 0.417 e. The molecule has 15 heteroatoms. The fourth-order valence-corrected chi connectivity index (χ4v) is 4.59. The van der Waals surface area contributed by atoms with Crippen molar-refractivity contribution in [2.45, 2.75) is 32.2 Å². The van der Waals surface area contributed by atoms with E-state index in [-0.39, 0.29) is 19.0 Å². The van der Waals surface area contributed by atoms with Gasteiger partial charge in [0.05, 0.1) is 23.7 Å². The molecule has 34 heavy (non-hydrogen) atoms. The standard InChI is InChI=1S/C19H20ClF3N3O7P/c1-4-31-34(30,32-5-2)18(3,24)16(27)13-9-12(6-7-15(13)26(28)29)33-17-14(20)8-11(10-25-17)19(21,22)23/h6-10H,4-5,24H2,1-3H3. The van der Waals surface area contributed by atoms with Gasteiger partial charge in [-0.15, -0.1) is 0 Å². The third-order valence-electron chi connectivity index (χ3n) is 4.39. The Labute approximate surface area is 196 Å². The molecule has 0 bridgehead atoms. The number of ether oxygens (including phenoxy) is 1. The number of nitro groups is 1. The van der Waals surface area contributed by atoms with Gasteiger partial charge in [-0.05, 0) is 39.0 Å². The van der Waals surface area contributed by atoms with Gasteiger partial charge in [0.15, 0.2) is 5.28 Å². The van der Waals surface area contributed by atoms with E-state index in [0.717, 1.165) is 25.1 Å². The first kappa shape index (κ1) is 27.7. The minimum absolute atomic E-state index is 0.124. The van der Waals surface area contributed by atoms with Crippen LogP contribution in [0.15, 0.2) is 30.5 Å². The lowest BCUT2D eigenvalue weighted by atomic mass is 10.0. The molecule has 0 amide bonds. The van der Waals surface area contributed by atoms with E-state index in [1.54, 1.807) is 0 Å². The third kappa shape index (κ3) is 5.73. The topological polar surface area (TPSA) is 144 Å². The van der Waals surface area contributed by atoms with Crippen molar-refractivity contribution in [2.24, 2.45) is 5.73 Å². The molecule has 186 valence electrons. The molecule has 0 fully saturated rings. The number of Topliss-reactive ketones (excluding diaryl/α,β-unsaturated/α-hetero) is 1. The number of nitrogens with zero attached hydrogens (tertiary/aromatic N) is 2. The molecular weight excluding hydrogens is 506 g/mol. The van der Waals surface area contributed by atoms with Gasteiger partial charge in [0, 0.05) is 12.3 Å². The molecule has 1 aromatic heterocycles. The van der Waals surface area contributed by atoms with Gasteiger partial charge >= 0.3 is 13.8 Å². The number of carbonyl (C=O) groups is 1. The molecule has 0 radical (unpaired) electrons. The lowest BCUT2D eigenvalue weighted by molar-refractivity contribution is -0.385. The summed E-state index contributed by atoms with van der Waals surface area (Å²) in [7, 11) is -4.28. The van der Waals surface area contributed by atoms with Crippen molar-refractivity contribution < 1.29 is 41.2 Å². The third-order valence-corrected chi connectivity index (χ3v) is 7.19. The molecule has 1 aromatic carbocycles. The second kappa shape index (κ2) is 10.4. The molecule has 0 aliphatic carbocycles. The van der Waals surface area contributed by atoms with E-state index < -0.39 is 57.5 Å². The lowest BCUT2D eigenvalue weighted by Gasteiger charge is -2.31. The van der Waals surface area contributed by atoms with Gasteiger partial charge < -0.3 is 19.5 Å². The number of pyridine rings is 1. The highest BCUT2D eigenvalue weighted by molar-refractivity contribution is 7.56. The average Bonchev–Trinajstić information content (AvgIpc) is 2.73.